The number of hydrogen-bond acceptors (Lipinski definition) is 5. The Kier molecular flexibility index (Phi) is 8.17. The Morgan fingerprint density at radius 2 is 1.51 bits per heavy atom. The van der Waals surface area contributed by atoms with Crippen LogP contribution in [0.1, 0.15) is 51.2 Å². The number of fused-ring (bicyclic) bond motifs is 3. The topological polar surface area (TPSA) is 114 Å². The average Bonchev–Trinajstić information content (AvgIpc) is 3.13. The van der Waals surface area contributed by atoms with E-state index < -0.39 is 41.6 Å². The molecule has 8 heteroatoms. The SMILES string of the molecule is CO[C@H](C)[C@H](NC(=O)CC(NC(=O)OCC1c2ccccc2-c2ccccc21)C(C)(C)C)C(=O)O. The smallest absolute Gasteiger partial charge is 0.407 e. The molecule has 0 fully saturated rings. The summed E-state index contributed by atoms with van der Waals surface area (Å²) < 4.78 is 10.7. The standard InChI is InChI=1S/C27H34N2O6/c1-16(34-5)24(25(31)32)29-23(30)14-22(27(2,3)4)28-26(33)35-15-21-19-12-8-6-10-17(19)18-11-7-9-13-20(18)21/h6-13,16,21-22,24H,14-15H2,1-5H3,(H,28,33)(H,29,30)(H,31,32)/t16-,22?,24+/m1/s1. The number of hydrogen-bond donors (Lipinski definition) is 3. The van der Waals surface area contributed by atoms with Crippen LogP contribution in [0.2, 0.25) is 0 Å². The third-order valence-electron chi connectivity index (χ3n) is 6.49. The van der Waals surface area contributed by atoms with Gasteiger partial charge in [0.1, 0.15) is 6.61 Å². The highest BCUT2D eigenvalue weighted by atomic mass is 16.5. The first-order valence-corrected chi connectivity index (χ1v) is 11.7. The van der Waals surface area contributed by atoms with E-state index in [2.05, 4.69) is 22.8 Å². The Balaban J connectivity index is 1.65. The van der Waals surface area contributed by atoms with Crippen LogP contribution >= 0.6 is 0 Å². The summed E-state index contributed by atoms with van der Waals surface area (Å²) in [4.78, 5) is 36.9. The Bertz CT molecular complexity index is 1030. The van der Waals surface area contributed by atoms with Crippen LogP contribution in [0.15, 0.2) is 48.5 Å². The van der Waals surface area contributed by atoms with Gasteiger partial charge in [-0.2, -0.15) is 0 Å². The van der Waals surface area contributed by atoms with Crippen molar-refractivity contribution < 1.29 is 29.0 Å². The number of ether oxygens (including phenoxy) is 2. The third-order valence-corrected chi connectivity index (χ3v) is 6.49. The second-order valence-corrected chi connectivity index (χ2v) is 9.92. The van der Waals surface area contributed by atoms with Gasteiger partial charge < -0.3 is 25.2 Å². The van der Waals surface area contributed by atoms with Crippen molar-refractivity contribution in [1.29, 1.82) is 0 Å². The maximum Gasteiger partial charge on any atom is 0.407 e. The maximum atomic E-state index is 12.8. The molecule has 0 heterocycles. The minimum Gasteiger partial charge on any atom is -0.480 e. The minimum absolute atomic E-state index is 0.0728. The second-order valence-electron chi connectivity index (χ2n) is 9.92. The van der Waals surface area contributed by atoms with Gasteiger partial charge >= 0.3 is 12.1 Å². The molecule has 0 spiro atoms. The number of rotatable bonds is 9. The van der Waals surface area contributed by atoms with Gasteiger partial charge in [0, 0.05) is 25.5 Å². The fourth-order valence-corrected chi connectivity index (χ4v) is 4.29. The summed E-state index contributed by atoms with van der Waals surface area (Å²) >= 11 is 0. The van der Waals surface area contributed by atoms with Gasteiger partial charge in [0.25, 0.3) is 0 Å². The lowest BCUT2D eigenvalue weighted by Gasteiger charge is -2.31. The molecule has 3 atom stereocenters. The summed E-state index contributed by atoms with van der Waals surface area (Å²) in [6.07, 6.45) is -1.44. The molecule has 0 saturated heterocycles. The highest BCUT2D eigenvalue weighted by Crippen LogP contribution is 2.44. The van der Waals surface area contributed by atoms with Crippen LogP contribution in [0.4, 0.5) is 4.79 Å². The first-order chi connectivity index (χ1) is 16.5. The van der Waals surface area contributed by atoms with E-state index in [0.29, 0.717) is 0 Å². The van der Waals surface area contributed by atoms with Gasteiger partial charge in [-0.15, -0.1) is 0 Å². The summed E-state index contributed by atoms with van der Waals surface area (Å²) in [5, 5.41) is 14.7. The van der Waals surface area contributed by atoms with Gasteiger partial charge in [0.2, 0.25) is 5.91 Å². The van der Waals surface area contributed by atoms with Crippen molar-refractivity contribution in [3.63, 3.8) is 0 Å². The van der Waals surface area contributed by atoms with E-state index in [1.165, 1.54) is 7.11 Å². The highest BCUT2D eigenvalue weighted by molar-refractivity contribution is 5.84. The van der Waals surface area contributed by atoms with Crippen LogP contribution < -0.4 is 10.6 Å². The third kappa shape index (κ3) is 6.19. The second kappa shape index (κ2) is 10.9. The number of carboxylic acids is 1. The van der Waals surface area contributed by atoms with E-state index in [4.69, 9.17) is 9.47 Å². The van der Waals surface area contributed by atoms with Crippen LogP contribution in [-0.4, -0.2) is 55.0 Å². The molecule has 0 aromatic heterocycles. The van der Waals surface area contributed by atoms with Crippen molar-refractivity contribution in [3.05, 3.63) is 59.7 Å². The number of alkyl carbamates (subject to hydrolysis) is 1. The normalized spacial score (nSPS) is 15.3. The first kappa shape index (κ1) is 26.2. The van der Waals surface area contributed by atoms with Crippen molar-refractivity contribution in [2.75, 3.05) is 13.7 Å². The molecule has 2 aromatic rings. The van der Waals surface area contributed by atoms with Gasteiger partial charge in [0.05, 0.1) is 6.10 Å². The number of aliphatic carboxylic acids is 1. The lowest BCUT2D eigenvalue weighted by atomic mass is 9.84. The zero-order valence-electron chi connectivity index (χ0n) is 20.8. The number of carbonyl (C=O) groups excluding carboxylic acids is 2. The number of amides is 2. The average molecular weight is 483 g/mol. The number of carbonyl (C=O) groups is 3. The molecule has 1 aliphatic carbocycles. The molecule has 0 bridgehead atoms. The molecule has 0 aliphatic heterocycles. The van der Waals surface area contributed by atoms with Crippen molar-refractivity contribution >= 4 is 18.0 Å². The molecular formula is C27H34N2O6. The fourth-order valence-electron chi connectivity index (χ4n) is 4.29. The van der Waals surface area contributed by atoms with Gasteiger partial charge in [-0.1, -0.05) is 69.3 Å². The molecule has 0 radical (unpaired) electrons. The van der Waals surface area contributed by atoms with Crippen LogP contribution in [0.5, 0.6) is 0 Å². The summed E-state index contributed by atoms with van der Waals surface area (Å²) in [5.41, 5.74) is 4.02. The van der Waals surface area contributed by atoms with Gasteiger partial charge in [0.15, 0.2) is 6.04 Å². The molecular weight excluding hydrogens is 448 g/mol. The maximum absolute atomic E-state index is 12.8. The van der Waals surface area contributed by atoms with Crippen molar-refractivity contribution in [2.24, 2.45) is 5.41 Å². The van der Waals surface area contributed by atoms with Crippen molar-refractivity contribution in [2.45, 2.75) is 58.2 Å². The quantitative estimate of drug-likeness (QED) is 0.499. The molecule has 188 valence electrons. The molecule has 3 rings (SSSR count). The van der Waals surface area contributed by atoms with Gasteiger partial charge in [-0.05, 0) is 34.6 Å². The summed E-state index contributed by atoms with van der Waals surface area (Å²) in [5.74, 6) is -1.76. The summed E-state index contributed by atoms with van der Waals surface area (Å²) in [6, 6.07) is 14.4. The van der Waals surface area contributed by atoms with Crippen LogP contribution in [0.3, 0.4) is 0 Å². The number of nitrogens with one attached hydrogen (secondary N) is 2. The molecule has 1 unspecified atom stereocenters. The lowest BCUT2D eigenvalue weighted by Crippen LogP contribution is -2.52. The Hall–Kier alpha value is -3.39. The Labute approximate surface area is 206 Å². The van der Waals surface area contributed by atoms with Crippen LogP contribution in [0.25, 0.3) is 11.1 Å². The molecule has 1 aliphatic rings. The van der Waals surface area contributed by atoms with E-state index >= 15 is 0 Å². The van der Waals surface area contributed by atoms with E-state index in [1.54, 1.807) is 6.92 Å². The van der Waals surface area contributed by atoms with E-state index in [9.17, 15) is 19.5 Å². The predicted molar refractivity (Wildman–Crippen MR) is 132 cm³/mol. The largest absolute Gasteiger partial charge is 0.480 e. The highest BCUT2D eigenvalue weighted by Gasteiger charge is 2.33. The number of carboxylic acid groups (broad SMARTS) is 1. The minimum atomic E-state index is -1.19. The van der Waals surface area contributed by atoms with E-state index in [-0.39, 0.29) is 18.9 Å². The van der Waals surface area contributed by atoms with Gasteiger partial charge in [-0.3, -0.25) is 4.79 Å². The van der Waals surface area contributed by atoms with E-state index in [1.807, 2.05) is 57.2 Å². The van der Waals surface area contributed by atoms with Crippen LogP contribution in [-0.2, 0) is 19.1 Å². The monoisotopic (exact) mass is 482 g/mol. The van der Waals surface area contributed by atoms with Crippen molar-refractivity contribution in [3.8, 4) is 11.1 Å². The molecule has 2 aromatic carbocycles. The van der Waals surface area contributed by atoms with Gasteiger partial charge in [-0.25, -0.2) is 9.59 Å². The van der Waals surface area contributed by atoms with Crippen LogP contribution in [0, 0.1) is 5.41 Å². The Morgan fingerprint density at radius 3 is 2.00 bits per heavy atom. The summed E-state index contributed by atoms with van der Waals surface area (Å²) in [7, 11) is 1.38. The Morgan fingerprint density at radius 1 is 0.971 bits per heavy atom. The summed E-state index contributed by atoms with van der Waals surface area (Å²) in [6.45, 7) is 7.40. The zero-order chi connectivity index (χ0) is 25.8. The van der Waals surface area contributed by atoms with E-state index in [0.717, 1.165) is 22.3 Å². The first-order valence-electron chi connectivity index (χ1n) is 11.7. The predicted octanol–water partition coefficient (Wildman–Crippen LogP) is 3.93. The molecule has 35 heavy (non-hydrogen) atoms. The fraction of sp³-hybridized carbons (Fsp3) is 0.444. The number of benzene rings is 2. The van der Waals surface area contributed by atoms with Crippen molar-refractivity contribution in [1.82, 2.24) is 10.6 Å². The molecule has 0 saturated carbocycles. The molecule has 3 N–H and O–H groups in total. The zero-order valence-corrected chi connectivity index (χ0v) is 20.8. The number of methoxy groups -OCH3 is 1. The lowest BCUT2D eigenvalue weighted by molar-refractivity contribution is -0.145. The molecule has 2 amide bonds. The molecule has 8 nitrogen and oxygen atoms in total.